The Morgan fingerprint density at radius 2 is 0.825 bits per heavy atom. The number of H-pyrrole nitrogens is 1. The van der Waals surface area contributed by atoms with E-state index >= 15 is 0 Å². The van der Waals surface area contributed by atoms with Crippen LogP contribution in [0, 0.1) is 0 Å². The zero-order chi connectivity index (χ0) is 26.5. The molecule has 1 heterocycles. The molecule has 2 nitrogen and oxygen atoms in total. The highest BCUT2D eigenvalue weighted by molar-refractivity contribution is 6.14. The number of fused-ring (bicyclic) bond motifs is 5. The van der Waals surface area contributed by atoms with Gasteiger partial charge in [0, 0.05) is 38.2 Å². The largest absolute Gasteiger partial charge is 0.354 e. The van der Waals surface area contributed by atoms with Crippen LogP contribution in [0.3, 0.4) is 0 Å². The summed E-state index contributed by atoms with van der Waals surface area (Å²) in [6, 6.07) is 54.5. The Labute approximate surface area is 232 Å². The number of nitrogens with zero attached hydrogens (tertiary/aromatic N) is 1. The van der Waals surface area contributed by atoms with E-state index in [1.54, 1.807) is 0 Å². The first-order valence-corrected chi connectivity index (χ1v) is 13.7. The summed E-state index contributed by atoms with van der Waals surface area (Å²) >= 11 is 0. The molecule has 0 aliphatic carbocycles. The summed E-state index contributed by atoms with van der Waals surface area (Å²) in [6.45, 7) is 0. The van der Waals surface area contributed by atoms with Gasteiger partial charge in [0.2, 0.25) is 0 Å². The van der Waals surface area contributed by atoms with Gasteiger partial charge in [0.15, 0.2) is 0 Å². The SMILES string of the molecule is c1ccc(N(c2cccc3ccccc23)c2cccc3ccccc23)c(-c2cccc3c2[nH]c2ccccc23)c1. The topological polar surface area (TPSA) is 19.0 Å². The molecule has 7 aromatic carbocycles. The number of para-hydroxylation sites is 3. The molecule has 0 aliphatic heterocycles. The van der Waals surface area contributed by atoms with E-state index in [2.05, 4.69) is 162 Å². The standard InChI is InChI=1S/C38H26N2/c1-3-16-28-26(12-1)14-9-24-35(28)40(36-25-10-15-27-13-2-4-17-29(27)36)37-23-8-6-19-31(37)33-21-11-20-32-30-18-5-7-22-34(30)39-38(32)33/h1-25,39H. The maximum atomic E-state index is 3.73. The van der Waals surface area contributed by atoms with Gasteiger partial charge in [-0.3, -0.25) is 0 Å². The van der Waals surface area contributed by atoms with E-state index in [-0.39, 0.29) is 0 Å². The summed E-state index contributed by atoms with van der Waals surface area (Å²) < 4.78 is 0. The van der Waals surface area contributed by atoms with E-state index in [1.807, 2.05) is 0 Å². The molecular formula is C38H26N2. The maximum Gasteiger partial charge on any atom is 0.0545 e. The first-order chi connectivity index (χ1) is 19.9. The Morgan fingerprint density at radius 1 is 0.350 bits per heavy atom. The van der Waals surface area contributed by atoms with E-state index in [0.717, 1.165) is 28.1 Å². The first kappa shape index (κ1) is 22.6. The minimum Gasteiger partial charge on any atom is -0.354 e. The molecule has 8 aromatic rings. The minimum atomic E-state index is 1.14. The maximum absolute atomic E-state index is 3.73. The molecule has 0 fully saturated rings. The molecule has 0 bridgehead atoms. The average Bonchev–Trinajstić information content (AvgIpc) is 3.41. The van der Waals surface area contributed by atoms with Crippen molar-refractivity contribution in [1.82, 2.24) is 4.98 Å². The molecule has 0 atom stereocenters. The van der Waals surface area contributed by atoms with E-state index in [0.29, 0.717) is 0 Å². The Morgan fingerprint density at radius 3 is 1.55 bits per heavy atom. The van der Waals surface area contributed by atoms with Gasteiger partial charge in [0.1, 0.15) is 0 Å². The molecule has 0 radical (unpaired) electrons. The van der Waals surface area contributed by atoms with Gasteiger partial charge in [0.25, 0.3) is 0 Å². The number of benzene rings is 7. The number of anilines is 3. The van der Waals surface area contributed by atoms with Crippen molar-refractivity contribution in [2.24, 2.45) is 0 Å². The molecule has 0 unspecified atom stereocenters. The molecule has 1 aromatic heterocycles. The molecule has 2 heteroatoms. The number of hydrogen-bond acceptors (Lipinski definition) is 1. The van der Waals surface area contributed by atoms with Crippen molar-refractivity contribution in [3.05, 3.63) is 152 Å². The predicted octanol–water partition coefficient (Wildman–Crippen LogP) is 10.8. The van der Waals surface area contributed by atoms with Crippen molar-refractivity contribution >= 4 is 60.4 Å². The van der Waals surface area contributed by atoms with Gasteiger partial charge in [0.05, 0.1) is 22.6 Å². The Hall–Kier alpha value is -5.34. The highest BCUT2D eigenvalue weighted by Crippen LogP contribution is 2.46. The molecule has 0 saturated heterocycles. The van der Waals surface area contributed by atoms with E-state index < -0.39 is 0 Å². The van der Waals surface area contributed by atoms with Crippen molar-refractivity contribution in [2.45, 2.75) is 0 Å². The number of aromatic amines is 1. The lowest BCUT2D eigenvalue weighted by molar-refractivity contribution is 1.31. The summed E-state index contributed by atoms with van der Waals surface area (Å²) in [4.78, 5) is 6.18. The number of aromatic nitrogens is 1. The van der Waals surface area contributed by atoms with Crippen molar-refractivity contribution in [3.63, 3.8) is 0 Å². The molecule has 188 valence electrons. The predicted molar refractivity (Wildman–Crippen MR) is 171 cm³/mol. The summed E-state index contributed by atoms with van der Waals surface area (Å²) in [5.74, 6) is 0. The molecule has 0 spiro atoms. The molecule has 0 amide bonds. The van der Waals surface area contributed by atoms with Gasteiger partial charge in [-0.25, -0.2) is 0 Å². The second kappa shape index (κ2) is 9.14. The molecule has 1 N–H and O–H groups in total. The lowest BCUT2D eigenvalue weighted by atomic mass is 9.97. The molecule has 0 saturated carbocycles. The Kier molecular flexibility index (Phi) is 5.17. The zero-order valence-corrected chi connectivity index (χ0v) is 21.9. The minimum absolute atomic E-state index is 1.14. The third kappa shape index (κ3) is 3.50. The van der Waals surface area contributed by atoms with Crippen molar-refractivity contribution < 1.29 is 0 Å². The number of rotatable bonds is 4. The monoisotopic (exact) mass is 510 g/mol. The van der Waals surface area contributed by atoms with Crippen LogP contribution in [-0.4, -0.2) is 4.98 Å². The summed E-state index contributed by atoms with van der Waals surface area (Å²) in [5.41, 5.74) is 8.14. The average molecular weight is 511 g/mol. The van der Waals surface area contributed by atoms with Gasteiger partial charge in [-0.2, -0.15) is 0 Å². The summed E-state index contributed by atoms with van der Waals surface area (Å²) in [5, 5.41) is 7.37. The fraction of sp³-hybridized carbons (Fsp3) is 0. The van der Waals surface area contributed by atoms with Gasteiger partial charge >= 0.3 is 0 Å². The van der Waals surface area contributed by atoms with Crippen LogP contribution in [0.25, 0.3) is 54.5 Å². The first-order valence-electron chi connectivity index (χ1n) is 13.7. The van der Waals surface area contributed by atoms with E-state index in [4.69, 9.17) is 0 Å². The van der Waals surface area contributed by atoms with Crippen LogP contribution in [0.1, 0.15) is 0 Å². The quantitative estimate of drug-likeness (QED) is 0.249. The highest BCUT2D eigenvalue weighted by atomic mass is 15.1. The van der Waals surface area contributed by atoms with Crippen molar-refractivity contribution in [2.75, 3.05) is 4.90 Å². The summed E-state index contributed by atoms with van der Waals surface area (Å²) in [7, 11) is 0. The van der Waals surface area contributed by atoms with Crippen molar-refractivity contribution in [1.29, 1.82) is 0 Å². The lowest BCUT2D eigenvalue weighted by Crippen LogP contribution is -2.12. The number of hydrogen-bond donors (Lipinski definition) is 1. The third-order valence-electron chi connectivity index (χ3n) is 7.99. The molecular weight excluding hydrogens is 484 g/mol. The van der Waals surface area contributed by atoms with Crippen LogP contribution >= 0.6 is 0 Å². The van der Waals surface area contributed by atoms with Crippen LogP contribution in [0.4, 0.5) is 17.1 Å². The lowest BCUT2D eigenvalue weighted by Gasteiger charge is -2.30. The fourth-order valence-electron chi connectivity index (χ4n) is 6.19. The smallest absolute Gasteiger partial charge is 0.0545 e. The summed E-state index contributed by atoms with van der Waals surface area (Å²) in [6.07, 6.45) is 0. The van der Waals surface area contributed by atoms with Crippen LogP contribution in [-0.2, 0) is 0 Å². The second-order valence-electron chi connectivity index (χ2n) is 10.2. The molecule has 0 aliphatic rings. The zero-order valence-electron chi connectivity index (χ0n) is 21.9. The molecule has 8 rings (SSSR count). The van der Waals surface area contributed by atoms with Gasteiger partial charge in [-0.05, 0) is 35.0 Å². The van der Waals surface area contributed by atoms with E-state index in [1.165, 1.54) is 43.4 Å². The van der Waals surface area contributed by atoms with Gasteiger partial charge < -0.3 is 9.88 Å². The van der Waals surface area contributed by atoms with Crippen LogP contribution in [0.5, 0.6) is 0 Å². The van der Waals surface area contributed by atoms with Gasteiger partial charge in [-0.1, -0.05) is 127 Å². The highest BCUT2D eigenvalue weighted by Gasteiger charge is 2.21. The van der Waals surface area contributed by atoms with E-state index in [9.17, 15) is 0 Å². The third-order valence-corrected chi connectivity index (χ3v) is 7.99. The Balaban J connectivity index is 1.47. The Bertz CT molecular complexity index is 2100. The van der Waals surface area contributed by atoms with Gasteiger partial charge in [-0.15, -0.1) is 0 Å². The van der Waals surface area contributed by atoms with Crippen LogP contribution in [0.15, 0.2) is 152 Å². The number of nitrogens with one attached hydrogen (secondary N) is 1. The van der Waals surface area contributed by atoms with Crippen LogP contribution < -0.4 is 4.90 Å². The molecule has 40 heavy (non-hydrogen) atoms. The second-order valence-corrected chi connectivity index (χ2v) is 10.2. The normalized spacial score (nSPS) is 11.5. The van der Waals surface area contributed by atoms with Crippen molar-refractivity contribution in [3.8, 4) is 11.1 Å². The fourth-order valence-corrected chi connectivity index (χ4v) is 6.19. The van der Waals surface area contributed by atoms with Crippen LogP contribution in [0.2, 0.25) is 0 Å².